The molecule has 4 rings (SSSR count). The highest BCUT2D eigenvalue weighted by molar-refractivity contribution is 5.80. The quantitative estimate of drug-likeness (QED) is 0.575. The lowest BCUT2D eigenvalue weighted by Gasteiger charge is -2.21. The second-order valence-electron chi connectivity index (χ2n) is 6.78. The highest BCUT2D eigenvalue weighted by Crippen LogP contribution is 2.26. The van der Waals surface area contributed by atoms with Crippen LogP contribution in [0.3, 0.4) is 0 Å². The van der Waals surface area contributed by atoms with Crippen LogP contribution in [0.5, 0.6) is 0 Å². The van der Waals surface area contributed by atoms with Crippen molar-refractivity contribution < 1.29 is 0 Å². The molecule has 2 aromatic heterocycles. The van der Waals surface area contributed by atoms with Gasteiger partial charge in [0.05, 0.1) is 23.6 Å². The summed E-state index contributed by atoms with van der Waals surface area (Å²) in [6.45, 7) is 3.69. The Labute approximate surface area is 153 Å². The van der Waals surface area contributed by atoms with Crippen LogP contribution in [0.25, 0.3) is 11.0 Å². The molecule has 7 heteroatoms. The van der Waals surface area contributed by atoms with Gasteiger partial charge < -0.3 is 14.8 Å². The number of nitrogens with one attached hydrogen (secondary N) is 1. The molecule has 0 aliphatic carbocycles. The Kier molecular flexibility index (Phi) is 4.60. The van der Waals surface area contributed by atoms with Crippen molar-refractivity contribution in [2.75, 3.05) is 26.7 Å². The van der Waals surface area contributed by atoms with Crippen molar-refractivity contribution in [3.05, 3.63) is 48.5 Å². The van der Waals surface area contributed by atoms with Gasteiger partial charge in [-0.05, 0) is 24.1 Å². The van der Waals surface area contributed by atoms with Gasteiger partial charge in [0, 0.05) is 52.4 Å². The van der Waals surface area contributed by atoms with Crippen molar-refractivity contribution in [2.45, 2.75) is 18.9 Å². The zero-order chi connectivity index (χ0) is 17.9. The Balaban J connectivity index is 1.34. The fourth-order valence-electron chi connectivity index (χ4n) is 3.68. The molecule has 1 aliphatic heterocycles. The molecule has 1 atom stereocenters. The minimum atomic E-state index is 0.528. The van der Waals surface area contributed by atoms with E-state index >= 15 is 0 Å². The lowest BCUT2D eigenvalue weighted by molar-refractivity contribution is 0.482. The zero-order valence-corrected chi connectivity index (χ0v) is 15.3. The highest BCUT2D eigenvalue weighted by Gasteiger charge is 2.26. The fourth-order valence-corrected chi connectivity index (χ4v) is 3.68. The van der Waals surface area contributed by atoms with E-state index in [4.69, 9.17) is 0 Å². The lowest BCUT2D eigenvalue weighted by Crippen LogP contribution is -2.41. The maximum absolute atomic E-state index is 4.47. The molecule has 3 aromatic rings. The normalized spacial score (nSPS) is 18.0. The average Bonchev–Trinajstić information content (AvgIpc) is 3.38. The van der Waals surface area contributed by atoms with E-state index in [2.05, 4.69) is 48.2 Å². The third kappa shape index (κ3) is 3.29. The molecule has 0 amide bonds. The van der Waals surface area contributed by atoms with Crippen LogP contribution in [0, 0.1) is 0 Å². The van der Waals surface area contributed by atoms with Gasteiger partial charge in [-0.15, -0.1) is 0 Å². The third-order valence-corrected chi connectivity index (χ3v) is 5.06. The maximum Gasteiger partial charge on any atom is 0.193 e. The summed E-state index contributed by atoms with van der Waals surface area (Å²) in [6.07, 6.45) is 7.14. The van der Waals surface area contributed by atoms with Crippen LogP contribution >= 0.6 is 0 Å². The number of aryl methyl sites for hydroxylation is 1. The van der Waals surface area contributed by atoms with Crippen LogP contribution in [-0.2, 0) is 13.6 Å². The average molecular weight is 351 g/mol. The van der Waals surface area contributed by atoms with E-state index in [1.165, 1.54) is 11.1 Å². The molecule has 0 bridgehead atoms. The third-order valence-electron chi connectivity index (χ3n) is 5.06. The van der Waals surface area contributed by atoms with Gasteiger partial charge >= 0.3 is 0 Å². The molecule has 0 saturated carbocycles. The van der Waals surface area contributed by atoms with Gasteiger partial charge in [0.1, 0.15) is 0 Å². The number of benzene rings is 1. The summed E-state index contributed by atoms with van der Waals surface area (Å²) in [5, 5.41) is 7.80. The summed E-state index contributed by atoms with van der Waals surface area (Å²) in [7, 11) is 3.82. The smallest absolute Gasteiger partial charge is 0.193 e. The van der Waals surface area contributed by atoms with Crippen LogP contribution in [0.2, 0.25) is 0 Å². The van der Waals surface area contributed by atoms with Crippen LogP contribution in [0.4, 0.5) is 0 Å². The standard InChI is InChI=1S/C19H25N7/c1-20-19(25-9-7-15(13-25)16-11-23-24(2)12-16)21-8-10-26-14-22-17-5-3-4-6-18(17)26/h3-6,11-12,14-15H,7-10,13H2,1-2H3,(H,20,21). The summed E-state index contributed by atoms with van der Waals surface area (Å²) < 4.78 is 4.05. The molecular formula is C19H25N7. The van der Waals surface area contributed by atoms with Crippen molar-refractivity contribution in [1.82, 2.24) is 29.5 Å². The summed E-state index contributed by atoms with van der Waals surface area (Å²) in [5.74, 6) is 1.50. The van der Waals surface area contributed by atoms with E-state index in [0.717, 1.165) is 44.1 Å². The number of guanidine groups is 1. The molecule has 136 valence electrons. The molecule has 1 N–H and O–H groups in total. The number of nitrogens with zero attached hydrogens (tertiary/aromatic N) is 6. The number of rotatable bonds is 4. The SMILES string of the molecule is CN=C(NCCn1cnc2ccccc21)N1CCC(c2cnn(C)c2)C1. The zero-order valence-electron chi connectivity index (χ0n) is 15.3. The molecular weight excluding hydrogens is 326 g/mol. The van der Waals surface area contributed by atoms with Crippen molar-refractivity contribution >= 4 is 17.0 Å². The molecule has 1 fully saturated rings. The summed E-state index contributed by atoms with van der Waals surface area (Å²) in [6, 6.07) is 8.22. The van der Waals surface area contributed by atoms with Gasteiger partial charge in [0.2, 0.25) is 0 Å². The molecule has 26 heavy (non-hydrogen) atoms. The van der Waals surface area contributed by atoms with Crippen molar-refractivity contribution in [3.63, 3.8) is 0 Å². The van der Waals surface area contributed by atoms with E-state index < -0.39 is 0 Å². The summed E-state index contributed by atoms with van der Waals surface area (Å²) in [5.41, 5.74) is 3.52. The van der Waals surface area contributed by atoms with Gasteiger partial charge in [-0.3, -0.25) is 9.67 Å². The topological polar surface area (TPSA) is 63.3 Å². The van der Waals surface area contributed by atoms with Gasteiger partial charge in [-0.25, -0.2) is 4.98 Å². The Morgan fingerprint density at radius 3 is 3.04 bits per heavy atom. The first-order valence-electron chi connectivity index (χ1n) is 9.08. The molecule has 7 nitrogen and oxygen atoms in total. The number of fused-ring (bicyclic) bond motifs is 1. The van der Waals surface area contributed by atoms with Gasteiger partial charge in [-0.2, -0.15) is 5.10 Å². The molecule has 1 aliphatic rings. The first kappa shape index (κ1) is 16.6. The molecule has 1 saturated heterocycles. The van der Waals surface area contributed by atoms with Gasteiger partial charge in [0.15, 0.2) is 5.96 Å². The maximum atomic E-state index is 4.47. The van der Waals surface area contributed by atoms with E-state index in [-0.39, 0.29) is 0 Å². The number of imidazole rings is 1. The van der Waals surface area contributed by atoms with Crippen LogP contribution in [0.15, 0.2) is 48.0 Å². The van der Waals surface area contributed by atoms with Crippen molar-refractivity contribution in [1.29, 1.82) is 0 Å². The summed E-state index contributed by atoms with van der Waals surface area (Å²) >= 11 is 0. The number of aromatic nitrogens is 4. The first-order valence-corrected chi connectivity index (χ1v) is 9.08. The Morgan fingerprint density at radius 1 is 1.35 bits per heavy atom. The van der Waals surface area contributed by atoms with Crippen LogP contribution in [0.1, 0.15) is 17.9 Å². The van der Waals surface area contributed by atoms with Crippen LogP contribution < -0.4 is 5.32 Å². The molecule has 0 radical (unpaired) electrons. The van der Waals surface area contributed by atoms with Gasteiger partial charge in [0.25, 0.3) is 0 Å². The monoisotopic (exact) mass is 351 g/mol. The van der Waals surface area contributed by atoms with Crippen LogP contribution in [-0.4, -0.2) is 56.9 Å². The van der Waals surface area contributed by atoms with Gasteiger partial charge in [-0.1, -0.05) is 12.1 Å². The predicted molar refractivity (Wildman–Crippen MR) is 103 cm³/mol. The fraction of sp³-hybridized carbons (Fsp3) is 0.421. The Morgan fingerprint density at radius 2 is 2.23 bits per heavy atom. The van der Waals surface area contributed by atoms with E-state index in [0.29, 0.717) is 5.92 Å². The molecule has 1 aromatic carbocycles. The lowest BCUT2D eigenvalue weighted by atomic mass is 10.0. The van der Waals surface area contributed by atoms with Crippen molar-refractivity contribution in [2.24, 2.45) is 12.0 Å². The Hall–Kier alpha value is -2.83. The number of aliphatic imine (C=N–C) groups is 1. The van der Waals surface area contributed by atoms with E-state index in [1.54, 1.807) is 0 Å². The largest absolute Gasteiger partial charge is 0.354 e. The van der Waals surface area contributed by atoms with E-state index in [1.807, 2.05) is 43.4 Å². The van der Waals surface area contributed by atoms with Crippen molar-refractivity contribution in [3.8, 4) is 0 Å². The molecule has 3 heterocycles. The number of hydrogen-bond donors (Lipinski definition) is 1. The highest BCUT2D eigenvalue weighted by atomic mass is 15.3. The second-order valence-corrected chi connectivity index (χ2v) is 6.78. The number of hydrogen-bond acceptors (Lipinski definition) is 3. The molecule has 0 spiro atoms. The second kappa shape index (κ2) is 7.19. The summed E-state index contributed by atoms with van der Waals surface area (Å²) in [4.78, 5) is 11.3. The predicted octanol–water partition coefficient (Wildman–Crippen LogP) is 1.83. The number of likely N-dealkylation sites (tertiary alicyclic amines) is 1. The minimum absolute atomic E-state index is 0.528. The molecule has 1 unspecified atom stereocenters. The first-order chi connectivity index (χ1) is 12.7. The van der Waals surface area contributed by atoms with E-state index in [9.17, 15) is 0 Å². The number of para-hydroxylation sites is 2. The minimum Gasteiger partial charge on any atom is -0.354 e. The Bertz CT molecular complexity index is 907.